The number of carbonyl (C=O) groups excluding carboxylic acids is 1. The van der Waals surface area contributed by atoms with Gasteiger partial charge in [-0.05, 0) is 18.3 Å². The summed E-state index contributed by atoms with van der Waals surface area (Å²) in [6.07, 6.45) is -1.31. The van der Waals surface area contributed by atoms with E-state index in [0.717, 1.165) is 19.3 Å². The van der Waals surface area contributed by atoms with E-state index in [1.807, 2.05) is 12.2 Å². The number of nitrogens with one attached hydrogen (secondary N) is 1. The Bertz CT molecular complexity index is 250. The fraction of sp³-hybridized carbons (Fsp3) is 0.889. The second kappa shape index (κ2) is 3.98. The Kier molecular flexibility index (Phi) is 3.25. The highest BCUT2D eigenvalue weighted by Gasteiger charge is 2.49. The third kappa shape index (κ3) is 2.60. The average molecular weight is 227 g/mol. The van der Waals surface area contributed by atoms with Crippen molar-refractivity contribution in [2.45, 2.75) is 38.5 Å². The molecule has 1 N–H and O–H groups in total. The summed E-state index contributed by atoms with van der Waals surface area (Å²) in [6, 6.07) is 0. The highest BCUT2D eigenvalue weighted by molar-refractivity contribution is 5.83. The van der Waals surface area contributed by atoms with Crippen LogP contribution < -0.4 is 5.32 Å². The molecule has 1 saturated carbocycles. The number of carbonyl (C=O) groups is 1. The minimum Gasteiger partial charge on any atom is -0.350 e. The second-order valence-electron chi connectivity index (χ2n) is 4.27. The monoisotopic (exact) mass is 227 g/mol. The molecule has 0 aromatic rings. The maximum atomic E-state index is 12.5. The van der Waals surface area contributed by atoms with E-state index in [1.54, 1.807) is 0 Å². The third-order valence-corrected chi connectivity index (χ3v) is 2.81. The lowest BCUT2D eigenvalue weighted by Crippen LogP contribution is -2.49. The zero-order chi connectivity index (χ0) is 11.7. The first kappa shape index (κ1) is 12.3. The van der Waals surface area contributed by atoms with Crippen molar-refractivity contribution >= 4 is 5.91 Å². The topological polar surface area (TPSA) is 29.1 Å². The minimum atomic E-state index is -4.58. The number of alkyl halides is 4. The van der Waals surface area contributed by atoms with Crippen molar-refractivity contribution in [1.82, 2.24) is 5.32 Å². The van der Waals surface area contributed by atoms with E-state index in [2.05, 4.69) is 0 Å². The van der Waals surface area contributed by atoms with Crippen molar-refractivity contribution in [2.24, 2.45) is 5.41 Å². The Labute approximate surface area is 85.0 Å². The van der Waals surface area contributed by atoms with Gasteiger partial charge in [0.1, 0.15) is 0 Å². The van der Waals surface area contributed by atoms with Crippen LogP contribution in [-0.2, 0) is 4.79 Å². The molecular formula is C9H13F4NO. The first-order valence-corrected chi connectivity index (χ1v) is 4.72. The second-order valence-corrected chi connectivity index (χ2v) is 4.27. The Morgan fingerprint density at radius 1 is 1.47 bits per heavy atom. The number of rotatable bonds is 4. The molecule has 0 unspecified atom stereocenters. The van der Waals surface area contributed by atoms with Crippen LogP contribution in [0.3, 0.4) is 0 Å². The van der Waals surface area contributed by atoms with Crippen LogP contribution in [0.1, 0.15) is 26.2 Å². The molecule has 1 aliphatic rings. The maximum absolute atomic E-state index is 12.5. The van der Waals surface area contributed by atoms with E-state index in [0.29, 0.717) is 0 Å². The molecule has 1 aliphatic carbocycles. The van der Waals surface area contributed by atoms with E-state index >= 15 is 0 Å². The van der Waals surface area contributed by atoms with Crippen molar-refractivity contribution in [1.29, 1.82) is 0 Å². The molecule has 1 amide bonds. The lowest BCUT2D eigenvalue weighted by Gasteiger charge is -2.38. The number of halogens is 4. The van der Waals surface area contributed by atoms with Gasteiger partial charge >= 0.3 is 12.3 Å². The number of hydrogen-bond donors (Lipinski definition) is 1. The molecule has 1 rings (SSSR count). The van der Waals surface area contributed by atoms with Crippen LogP contribution >= 0.6 is 0 Å². The molecule has 88 valence electrons. The Hall–Kier alpha value is -0.810. The minimum absolute atomic E-state index is 0.0359. The molecule has 1 fully saturated rings. The van der Waals surface area contributed by atoms with E-state index in [1.165, 1.54) is 0 Å². The van der Waals surface area contributed by atoms with Gasteiger partial charge in [-0.15, -0.1) is 0 Å². The van der Waals surface area contributed by atoms with Gasteiger partial charge in [0.2, 0.25) is 0 Å². The van der Waals surface area contributed by atoms with Crippen LogP contribution in [-0.4, -0.2) is 24.8 Å². The van der Waals surface area contributed by atoms with E-state index in [-0.39, 0.29) is 12.0 Å². The van der Waals surface area contributed by atoms with Crippen LogP contribution in [0.25, 0.3) is 0 Å². The van der Waals surface area contributed by atoms with Gasteiger partial charge in [-0.2, -0.15) is 8.78 Å². The maximum Gasteiger partial charge on any atom is 0.383 e. The summed E-state index contributed by atoms with van der Waals surface area (Å²) in [5.41, 5.74) is -0.201. The average Bonchev–Trinajstić information content (AvgIpc) is 2.10. The summed E-state index contributed by atoms with van der Waals surface area (Å²) in [5.74, 6) is -6.47. The Balaban J connectivity index is 2.42. The molecule has 0 atom stereocenters. The molecule has 6 heteroatoms. The van der Waals surface area contributed by atoms with Gasteiger partial charge in [-0.1, -0.05) is 13.3 Å². The van der Waals surface area contributed by atoms with Gasteiger partial charge in [0.15, 0.2) is 0 Å². The normalized spacial score (nSPS) is 19.9. The number of amides is 1. The molecule has 0 heterocycles. The molecule has 0 aromatic carbocycles. The third-order valence-electron chi connectivity index (χ3n) is 2.81. The van der Waals surface area contributed by atoms with Crippen molar-refractivity contribution in [2.75, 3.05) is 6.54 Å². The standard InChI is InChI=1S/C9H13F4NO/c1-8(3-2-4-8)5-14-7(15)9(12,13)6(10)11/h6H,2-5H2,1H3,(H,14,15). The number of hydrogen-bond acceptors (Lipinski definition) is 1. The van der Waals surface area contributed by atoms with Gasteiger partial charge in [0, 0.05) is 6.54 Å². The fourth-order valence-corrected chi connectivity index (χ4v) is 1.47. The summed E-state index contributed by atoms with van der Waals surface area (Å²) in [7, 11) is 0. The molecule has 0 spiro atoms. The summed E-state index contributed by atoms with van der Waals surface area (Å²) in [5, 5.41) is 1.88. The molecule has 15 heavy (non-hydrogen) atoms. The van der Waals surface area contributed by atoms with E-state index in [4.69, 9.17) is 0 Å². The molecule has 0 aromatic heterocycles. The fourth-order valence-electron chi connectivity index (χ4n) is 1.47. The van der Waals surface area contributed by atoms with Gasteiger partial charge in [-0.25, -0.2) is 8.78 Å². The molecule has 0 radical (unpaired) electrons. The predicted octanol–water partition coefficient (Wildman–Crippen LogP) is 2.19. The Morgan fingerprint density at radius 3 is 2.33 bits per heavy atom. The van der Waals surface area contributed by atoms with Gasteiger partial charge < -0.3 is 5.32 Å². The van der Waals surface area contributed by atoms with Crippen molar-refractivity contribution in [3.63, 3.8) is 0 Å². The van der Waals surface area contributed by atoms with Gasteiger partial charge in [-0.3, -0.25) is 4.79 Å². The molecule has 0 saturated heterocycles. The summed E-state index contributed by atoms with van der Waals surface area (Å²) >= 11 is 0. The van der Waals surface area contributed by atoms with Crippen LogP contribution in [0.4, 0.5) is 17.6 Å². The predicted molar refractivity (Wildman–Crippen MR) is 45.9 cm³/mol. The van der Waals surface area contributed by atoms with Crippen LogP contribution in [0.5, 0.6) is 0 Å². The smallest absolute Gasteiger partial charge is 0.350 e. The van der Waals surface area contributed by atoms with E-state index < -0.39 is 18.3 Å². The molecular weight excluding hydrogens is 214 g/mol. The molecule has 0 aliphatic heterocycles. The van der Waals surface area contributed by atoms with Crippen LogP contribution in [0, 0.1) is 5.41 Å². The lowest BCUT2D eigenvalue weighted by atomic mass is 9.70. The molecule has 0 bridgehead atoms. The summed E-state index contributed by atoms with van der Waals surface area (Å²) in [6.45, 7) is 1.87. The Morgan fingerprint density at radius 2 is 2.00 bits per heavy atom. The zero-order valence-electron chi connectivity index (χ0n) is 8.33. The van der Waals surface area contributed by atoms with Crippen LogP contribution in [0.15, 0.2) is 0 Å². The van der Waals surface area contributed by atoms with Gasteiger partial charge in [0.25, 0.3) is 5.91 Å². The highest BCUT2D eigenvalue weighted by Crippen LogP contribution is 2.39. The first-order valence-electron chi connectivity index (χ1n) is 4.72. The van der Waals surface area contributed by atoms with Crippen molar-refractivity contribution < 1.29 is 22.4 Å². The van der Waals surface area contributed by atoms with Crippen molar-refractivity contribution in [3.8, 4) is 0 Å². The highest BCUT2D eigenvalue weighted by atomic mass is 19.3. The molecule has 2 nitrogen and oxygen atoms in total. The largest absolute Gasteiger partial charge is 0.383 e. The zero-order valence-corrected chi connectivity index (χ0v) is 8.33. The first-order chi connectivity index (χ1) is 6.78. The summed E-state index contributed by atoms with van der Waals surface area (Å²) in [4.78, 5) is 10.8. The van der Waals surface area contributed by atoms with Crippen molar-refractivity contribution in [3.05, 3.63) is 0 Å². The summed E-state index contributed by atoms with van der Waals surface area (Å²) < 4.78 is 48.5. The lowest BCUT2D eigenvalue weighted by molar-refractivity contribution is -0.170. The SMILES string of the molecule is CC1(CNC(=O)C(F)(F)C(F)F)CCC1. The van der Waals surface area contributed by atoms with Gasteiger partial charge in [0.05, 0.1) is 0 Å². The quantitative estimate of drug-likeness (QED) is 0.733. The van der Waals surface area contributed by atoms with E-state index in [9.17, 15) is 22.4 Å². The van der Waals surface area contributed by atoms with Crippen LogP contribution in [0.2, 0.25) is 0 Å².